The topological polar surface area (TPSA) is 167 Å². The number of nitrogens with one attached hydrogen (secondary N) is 2. The van der Waals surface area contributed by atoms with Crippen LogP contribution in [0.1, 0.15) is 61.1 Å². The minimum Gasteiger partial charge on any atom is -0.478 e. The molecule has 4 amide bonds. The van der Waals surface area contributed by atoms with Crippen LogP contribution in [0, 0.1) is 11.6 Å². The van der Waals surface area contributed by atoms with Gasteiger partial charge < -0.3 is 15.2 Å². The molecule has 5 rings (SSSR count). The Bertz CT molecular complexity index is 1920. The van der Waals surface area contributed by atoms with E-state index in [1.165, 1.54) is 36.2 Å². The number of pyridine rings is 1. The van der Waals surface area contributed by atoms with E-state index in [4.69, 9.17) is 33.0 Å². The number of anilines is 2. The maximum absolute atomic E-state index is 13.0. The number of benzene rings is 2. The van der Waals surface area contributed by atoms with E-state index in [2.05, 4.69) is 20.8 Å². The second-order valence-electron chi connectivity index (χ2n) is 10.7. The average Bonchev–Trinajstić information content (AvgIpc) is 3.33. The molecule has 1 aliphatic heterocycles. The molecule has 1 aromatic heterocycles. The Morgan fingerprint density at radius 2 is 1.68 bits per heavy atom. The first-order chi connectivity index (χ1) is 23.8. The van der Waals surface area contributed by atoms with Gasteiger partial charge in [0.05, 0.1) is 23.6 Å². The lowest BCUT2D eigenvalue weighted by molar-refractivity contribution is -0.137. The molecule has 12 nitrogen and oxygen atoms in total. The zero-order chi connectivity index (χ0) is 36.5. The largest absolute Gasteiger partial charge is 0.478 e. The van der Waals surface area contributed by atoms with Crippen LogP contribution in [0.5, 0.6) is 0 Å². The molecule has 2 aromatic carbocycles. The summed E-state index contributed by atoms with van der Waals surface area (Å²) in [6.45, 7) is 3.33. The summed E-state index contributed by atoms with van der Waals surface area (Å²) in [4.78, 5) is 64.9. The van der Waals surface area contributed by atoms with Gasteiger partial charge in [-0.15, -0.1) is 0 Å². The normalized spacial score (nSPS) is 14.5. The number of ether oxygens (including phenoxy) is 1. The van der Waals surface area contributed by atoms with Crippen molar-refractivity contribution in [1.29, 1.82) is 0 Å². The van der Waals surface area contributed by atoms with Crippen LogP contribution in [0.3, 0.4) is 0 Å². The standard InChI is InChI=1S/C19H17Cl2NO4.C15H12F2N4O3/c1-2-26-19(25)16(21)10-11-9-12(7-8-15(11)20)22-17(23)13-5-3-4-6-14(13)18(22)24;1-8(13-12(14(22)23)3-2-4-18-13)20-21-15(24)19-11-6-9(16)5-10(17)7-11/h7-10H,2-6H2,1H3;2-7H,1H3,(H,22,23)(H2,19,21,24)/b16-10-;20-8+. The lowest BCUT2D eigenvalue weighted by Gasteiger charge is -2.16. The van der Waals surface area contributed by atoms with Crippen LogP contribution in [0.2, 0.25) is 5.02 Å². The van der Waals surface area contributed by atoms with Gasteiger partial charge in [0.2, 0.25) is 0 Å². The number of imide groups is 1. The molecule has 0 saturated carbocycles. The number of carboxylic acids is 1. The highest BCUT2D eigenvalue weighted by atomic mass is 35.5. The zero-order valence-electron chi connectivity index (χ0n) is 26.6. The quantitative estimate of drug-likeness (QED) is 0.0746. The van der Waals surface area contributed by atoms with Crippen molar-refractivity contribution < 1.29 is 42.6 Å². The first kappa shape index (κ1) is 37.4. The summed E-state index contributed by atoms with van der Waals surface area (Å²) in [6, 6.07) is 9.21. The molecule has 2 heterocycles. The molecule has 0 saturated heterocycles. The molecule has 0 unspecified atom stereocenters. The molecule has 3 N–H and O–H groups in total. The molecular formula is C34H29Cl2F2N5O7. The highest BCUT2D eigenvalue weighted by molar-refractivity contribution is 6.43. The Morgan fingerprint density at radius 3 is 2.28 bits per heavy atom. The molecule has 0 fully saturated rings. The lowest BCUT2D eigenvalue weighted by atomic mass is 9.93. The Labute approximate surface area is 294 Å². The summed E-state index contributed by atoms with van der Waals surface area (Å²) in [7, 11) is 0. The van der Waals surface area contributed by atoms with Gasteiger partial charge in [0, 0.05) is 34.1 Å². The number of hydrazone groups is 1. The minimum absolute atomic E-state index is 0.0758. The van der Waals surface area contributed by atoms with Crippen molar-refractivity contribution in [2.75, 3.05) is 16.8 Å². The number of hydrogen-bond donors (Lipinski definition) is 3. The van der Waals surface area contributed by atoms with Gasteiger partial charge in [0.25, 0.3) is 11.8 Å². The van der Waals surface area contributed by atoms with Gasteiger partial charge in [-0.3, -0.25) is 14.6 Å². The fraction of sp³-hybridized carbons (Fsp3) is 0.206. The number of nitrogens with zero attached hydrogens (tertiary/aromatic N) is 3. The fourth-order valence-electron chi connectivity index (χ4n) is 4.99. The van der Waals surface area contributed by atoms with E-state index in [0.717, 1.165) is 25.0 Å². The van der Waals surface area contributed by atoms with E-state index in [1.54, 1.807) is 25.1 Å². The van der Waals surface area contributed by atoms with Crippen LogP contribution in [-0.2, 0) is 19.1 Å². The first-order valence-electron chi connectivity index (χ1n) is 15.0. The van der Waals surface area contributed by atoms with Gasteiger partial charge in [0.15, 0.2) is 0 Å². The summed E-state index contributed by atoms with van der Waals surface area (Å²) < 4.78 is 30.9. The maximum atomic E-state index is 13.0. The molecular weight excluding hydrogens is 699 g/mol. The molecule has 0 radical (unpaired) electrons. The summed E-state index contributed by atoms with van der Waals surface area (Å²) >= 11 is 12.1. The number of esters is 1. The third-order valence-corrected chi connectivity index (χ3v) is 7.81. The maximum Gasteiger partial charge on any atom is 0.349 e. The van der Waals surface area contributed by atoms with Gasteiger partial charge in [-0.25, -0.2) is 33.5 Å². The van der Waals surface area contributed by atoms with Crippen molar-refractivity contribution in [1.82, 2.24) is 10.4 Å². The third kappa shape index (κ3) is 9.15. The highest BCUT2D eigenvalue weighted by Gasteiger charge is 2.39. The van der Waals surface area contributed by atoms with E-state index in [9.17, 15) is 32.8 Å². The zero-order valence-corrected chi connectivity index (χ0v) is 28.1. The van der Waals surface area contributed by atoms with Crippen LogP contribution in [0.4, 0.5) is 25.0 Å². The molecule has 260 valence electrons. The van der Waals surface area contributed by atoms with Gasteiger partial charge in [0.1, 0.15) is 22.4 Å². The number of halogens is 4. The molecule has 16 heteroatoms. The Hall–Kier alpha value is -5.47. The number of urea groups is 1. The van der Waals surface area contributed by atoms with Crippen molar-refractivity contribution in [3.8, 4) is 0 Å². The molecule has 2 aliphatic rings. The van der Waals surface area contributed by atoms with Gasteiger partial charge in [-0.2, -0.15) is 5.10 Å². The smallest absolute Gasteiger partial charge is 0.349 e. The number of carbonyl (C=O) groups is 5. The van der Waals surface area contributed by atoms with Gasteiger partial charge >= 0.3 is 18.0 Å². The van der Waals surface area contributed by atoms with Crippen LogP contribution in [0.15, 0.2) is 76.0 Å². The predicted molar refractivity (Wildman–Crippen MR) is 182 cm³/mol. The lowest BCUT2D eigenvalue weighted by Crippen LogP contribution is -2.31. The van der Waals surface area contributed by atoms with E-state index in [-0.39, 0.29) is 46.1 Å². The van der Waals surface area contributed by atoms with Crippen molar-refractivity contribution in [3.63, 3.8) is 0 Å². The van der Waals surface area contributed by atoms with Crippen molar-refractivity contribution in [3.05, 3.63) is 104 Å². The summed E-state index contributed by atoms with van der Waals surface area (Å²) in [5.41, 5.74) is 4.20. The number of aromatic nitrogens is 1. The van der Waals surface area contributed by atoms with E-state index < -0.39 is 29.6 Å². The van der Waals surface area contributed by atoms with E-state index >= 15 is 0 Å². The molecule has 1 aliphatic carbocycles. The minimum atomic E-state index is -1.19. The van der Waals surface area contributed by atoms with Crippen LogP contribution in [0.25, 0.3) is 6.08 Å². The Balaban J connectivity index is 0.000000226. The van der Waals surface area contributed by atoms with Gasteiger partial charge in [-0.05, 0) is 93.6 Å². The molecule has 50 heavy (non-hydrogen) atoms. The van der Waals surface area contributed by atoms with Gasteiger partial charge in [-0.1, -0.05) is 23.2 Å². The number of hydrogen-bond acceptors (Lipinski definition) is 8. The molecule has 0 bridgehead atoms. The number of amides is 4. The van der Waals surface area contributed by atoms with Crippen molar-refractivity contribution in [2.24, 2.45) is 5.10 Å². The van der Waals surface area contributed by atoms with Crippen molar-refractivity contribution in [2.45, 2.75) is 39.5 Å². The average molecular weight is 729 g/mol. The summed E-state index contributed by atoms with van der Waals surface area (Å²) in [5, 5.41) is 15.2. The SMILES string of the molecule is C/C(=N\NC(=O)Nc1cc(F)cc(F)c1)c1ncccc1C(=O)O.CCOC(=O)/C(Cl)=C/c1cc(N2C(=O)C3=C(CCCC3)C2=O)ccc1Cl. The summed E-state index contributed by atoms with van der Waals surface area (Å²) in [5.74, 6) is -4.10. The number of aromatic carboxylic acids is 1. The van der Waals surface area contributed by atoms with E-state index in [1.807, 2.05) is 0 Å². The number of carboxylic acid groups (broad SMARTS) is 1. The van der Waals surface area contributed by atoms with Crippen LogP contribution >= 0.6 is 23.2 Å². The monoisotopic (exact) mass is 727 g/mol. The summed E-state index contributed by atoms with van der Waals surface area (Å²) in [6.07, 6.45) is 5.84. The molecule has 0 spiro atoms. The fourth-order valence-corrected chi connectivity index (χ4v) is 5.33. The van der Waals surface area contributed by atoms with E-state index in [0.29, 0.717) is 46.3 Å². The first-order valence-corrected chi connectivity index (χ1v) is 15.8. The highest BCUT2D eigenvalue weighted by Crippen LogP contribution is 2.37. The Morgan fingerprint density at radius 1 is 1.04 bits per heavy atom. The number of carbonyl (C=O) groups excluding carboxylic acids is 4. The number of rotatable bonds is 8. The predicted octanol–water partition coefficient (Wildman–Crippen LogP) is 6.83. The van der Waals surface area contributed by atoms with Crippen LogP contribution in [-0.4, -0.2) is 52.2 Å². The van der Waals surface area contributed by atoms with Crippen molar-refractivity contribution >= 4 is 76.1 Å². The third-order valence-electron chi connectivity index (χ3n) is 7.21. The second kappa shape index (κ2) is 16.8. The second-order valence-corrected chi connectivity index (χ2v) is 11.5. The molecule has 3 aromatic rings. The molecule has 0 atom stereocenters. The van der Waals surface area contributed by atoms with Crippen LogP contribution < -0.4 is 15.6 Å². The Kier molecular flexibility index (Phi) is 12.5.